The Kier molecular flexibility index (Phi) is 7.65. The molecule has 0 aliphatic carbocycles. The Bertz CT molecular complexity index is 476. The third-order valence-corrected chi connectivity index (χ3v) is 4.73. The van der Waals surface area contributed by atoms with E-state index in [1.54, 1.807) is 0 Å². The van der Waals surface area contributed by atoms with Gasteiger partial charge in [0.2, 0.25) is 0 Å². The van der Waals surface area contributed by atoms with Crippen molar-refractivity contribution in [1.82, 2.24) is 10.2 Å². The fraction of sp³-hybridized carbons (Fsp3) is 0.600. The number of hydrogen-bond acceptors (Lipinski definition) is 2. The minimum Gasteiger partial charge on any atom is -0.314 e. The van der Waals surface area contributed by atoms with Crippen molar-refractivity contribution in [1.29, 1.82) is 0 Å². The average Bonchev–Trinajstić information content (AvgIpc) is 2.43. The molecule has 1 heterocycles. The quantitative estimate of drug-likeness (QED) is 0.801. The molecule has 0 amide bonds. The van der Waals surface area contributed by atoms with Crippen molar-refractivity contribution in [3.05, 3.63) is 33.8 Å². The summed E-state index contributed by atoms with van der Waals surface area (Å²) >= 11 is 3.48. The van der Waals surface area contributed by atoms with E-state index in [9.17, 15) is 13.2 Å². The number of alkyl halides is 3. The van der Waals surface area contributed by atoms with Crippen molar-refractivity contribution in [3.8, 4) is 0 Å². The molecule has 1 aromatic rings. The minimum atomic E-state index is -4.10. The van der Waals surface area contributed by atoms with Gasteiger partial charge in [0.05, 0.1) is 0 Å². The van der Waals surface area contributed by atoms with Gasteiger partial charge in [0.25, 0.3) is 0 Å². The van der Waals surface area contributed by atoms with Gasteiger partial charge in [0.1, 0.15) is 0 Å². The van der Waals surface area contributed by atoms with Gasteiger partial charge in [-0.05, 0) is 30.5 Å². The van der Waals surface area contributed by atoms with Crippen LogP contribution in [0.25, 0.3) is 0 Å². The molecule has 1 fully saturated rings. The molecule has 0 aromatic heterocycles. The third kappa shape index (κ3) is 5.72. The molecule has 1 aromatic carbocycles. The monoisotopic (exact) mass is 400 g/mol. The van der Waals surface area contributed by atoms with Crippen LogP contribution in [0.5, 0.6) is 0 Å². The summed E-state index contributed by atoms with van der Waals surface area (Å²) in [6, 6.07) is 5.69. The molecule has 7 heteroatoms. The fourth-order valence-corrected chi connectivity index (χ4v) is 3.07. The highest BCUT2D eigenvalue weighted by Gasteiger charge is 2.31. The molecule has 1 saturated heterocycles. The lowest BCUT2D eigenvalue weighted by molar-refractivity contribution is -0.138. The number of benzene rings is 1. The van der Waals surface area contributed by atoms with Crippen LogP contribution in [-0.2, 0) is 0 Å². The first-order chi connectivity index (χ1) is 9.87. The Morgan fingerprint density at radius 3 is 2.45 bits per heavy atom. The second-order valence-electron chi connectivity index (χ2n) is 5.46. The summed E-state index contributed by atoms with van der Waals surface area (Å²) in [4.78, 5) is 2.15. The largest absolute Gasteiger partial charge is 0.389 e. The fourth-order valence-electron chi connectivity index (χ4n) is 2.67. The zero-order valence-electron chi connectivity index (χ0n) is 12.4. The Hall–Kier alpha value is -0.300. The van der Waals surface area contributed by atoms with E-state index >= 15 is 0 Å². The number of nitrogens with zero attached hydrogens (tertiary/aromatic N) is 1. The van der Waals surface area contributed by atoms with E-state index in [1.807, 2.05) is 25.1 Å². The van der Waals surface area contributed by atoms with Crippen molar-refractivity contribution in [2.24, 2.45) is 0 Å². The summed E-state index contributed by atoms with van der Waals surface area (Å²) in [6.45, 7) is 5.20. The SMILES string of the molecule is Cc1ccc([C@@H](CCC(F)(F)F)N2CCNCC2)cc1Br.Cl. The van der Waals surface area contributed by atoms with Gasteiger partial charge in [0.15, 0.2) is 0 Å². The molecule has 2 rings (SSSR count). The Balaban J connectivity index is 0.00000242. The van der Waals surface area contributed by atoms with Crippen LogP contribution in [0.15, 0.2) is 22.7 Å². The molecule has 22 heavy (non-hydrogen) atoms. The lowest BCUT2D eigenvalue weighted by atomic mass is 9.98. The average molecular weight is 402 g/mol. The number of halogens is 5. The third-order valence-electron chi connectivity index (χ3n) is 3.87. The number of hydrogen-bond donors (Lipinski definition) is 1. The summed E-state index contributed by atoms with van der Waals surface area (Å²) < 4.78 is 38.8. The number of piperazine rings is 1. The maximum atomic E-state index is 12.6. The van der Waals surface area contributed by atoms with Gasteiger partial charge >= 0.3 is 6.18 Å². The summed E-state index contributed by atoms with van der Waals surface area (Å²) in [5, 5.41) is 3.24. The van der Waals surface area contributed by atoms with Crippen LogP contribution in [0.3, 0.4) is 0 Å². The summed E-state index contributed by atoms with van der Waals surface area (Å²) in [5.41, 5.74) is 2.05. The van der Waals surface area contributed by atoms with Crippen LogP contribution in [-0.4, -0.2) is 37.3 Å². The van der Waals surface area contributed by atoms with Crippen LogP contribution in [0, 0.1) is 6.92 Å². The van der Waals surface area contributed by atoms with Crippen LogP contribution in [0.4, 0.5) is 13.2 Å². The smallest absolute Gasteiger partial charge is 0.314 e. The van der Waals surface area contributed by atoms with Gasteiger partial charge in [-0.1, -0.05) is 28.1 Å². The maximum Gasteiger partial charge on any atom is 0.389 e. The van der Waals surface area contributed by atoms with Crippen molar-refractivity contribution < 1.29 is 13.2 Å². The van der Waals surface area contributed by atoms with Crippen LogP contribution < -0.4 is 5.32 Å². The summed E-state index contributed by atoms with van der Waals surface area (Å²) in [5.74, 6) is 0. The zero-order chi connectivity index (χ0) is 15.5. The lowest BCUT2D eigenvalue weighted by Crippen LogP contribution is -2.45. The topological polar surface area (TPSA) is 15.3 Å². The van der Waals surface area contributed by atoms with Gasteiger partial charge in [0, 0.05) is 43.1 Å². The number of rotatable bonds is 4. The molecular formula is C15H21BrClF3N2. The lowest BCUT2D eigenvalue weighted by Gasteiger charge is -2.35. The van der Waals surface area contributed by atoms with Crippen molar-refractivity contribution >= 4 is 28.3 Å². The molecule has 126 valence electrons. The minimum absolute atomic E-state index is 0. The normalized spacial score (nSPS) is 17.9. The number of nitrogens with one attached hydrogen (secondary N) is 1. The predicted molar refractivity (Wildman–Crippen MR) is 88.6 cm³/mol. The van der Waals surface area contributed by atoms with E-state index in [1.165, 1.54) is 0 Å². The van der Waals surface area contributed by atoms with Crippen molar-refractivity contribution in [2.45, 2.75) is 32.0 Å². The molecule has 1 aliphatic rings. The highest BCUT2D eigenvalue weighted by atomic mass is 79.9. The highest BCUT2D eigenvalue weighted by molar-refractivity contribution is 9.10. The van der Waals surface area contributed by atoms with E-state index in [0.29, 0.717) is 0 Å². The van der Waals surface area contributed by atoms with Crippen LogP contribution >= 0.6 is 28.3 Å². The second-order valence-corrected chi connectivity index (χ2v) is 6.32. The number of aryl methyl sites for hydroxylation is 1. The molecule has 0 saturated carbocycles. The van der Waals surface area contributed by atoms with Gasteiger partial charge < -0.3 is 5.32 Å². The molecule has 0 radical (unpaired) electrons. The summed E-state index contributed by atoms with van der Waals surface area (Å²) in [7, 11) is 0. The molecule has 1 aliphatic heterocycles. The molecule has 1 N–H and O–H groups in total. The summed E-state index contributed by atoms with van der Waals surface area (Å²) in [6.07, 6.45) is -4.74. The van der Waals surface area contributed by atoms with Crippen molar-refractivity contribution in [2.75, 3.05) is 26.2 Å². The first-order valence-electron chi connectivity index (χ1n) is 7.14. The van der Waals surface area contributed by atoms with Crippen LogP contribution in [0.2, 0.25) is 0 Å². The van der Waals surface area contributed by atoms with E-state index in [4.69, 9.17) is 0 Å². The zero-order valence-corrected chi connectivity index (χ0v) is 14.8. The Labute approximate surface area is 144 Å². The molecular weight excluding hydrogens is 381 g/mol. The Morgan fingerprint density at radius 2 is 1.91 bits per heavy atom. The van der Waals surface area contributed by atoms with E-state index in [0.717, 1.165) is 41.8 Å². The van der Waals surface area contributed by atoms with E-state index in [2.05, 4.69) is 26.1 Å². The van der Waals surface area contributed by atoms with Crippen LogP contribution in [0.1, 0.15) is 30.0 Å². The van der Waals surface area contributed by atoms with Gasteiger partial charge in [-0.25, -0.2) is 0 Å². The molecule has 0 bridgehead atoms. The molecule has 0 spiro atoms. The van der Waals surface area contributed by atoms with E-state index in [-0.39, 0.29) is 24.9 Å². The van der Waals surface area contributed by atoms with Gasteiger partial charge in [-0.15, -0.1) is 12.4 Å². The predicted octanol–water partition coefficient (Wildman–Crippen LogP) is 4.47. The molecule has 2 nitrogen and oxygen atoms in total. The van der Waals surface area contributed by atoms with E-state index < -0.39 is 12.6 Å². The Morgan fingerprint density at radius 1 is 1.27 bits per heavy atom. The first-order valence-corrected chi connectivity index (χ1v) is 7.94. The molecule has 1 atom stereocenters. The molecule has 0 unspecified atom stereocenters. The maximum absolute atomic E-state index is 12.6. The first kappa shape index (κ1) is 19.7. The van der Waals surface area contributed by atoms with Gasteiger partial charge in [-0.2, -0.15) is 13.2 Å². The highest BCUT2D eigenvalue weighted by Crippen LogP contribution is 2.33. The van der Waals surface area contributed by atoms with Gasteiger partial charge in [-0.3, -0.25) is 4.90 Å². The second kappa shape index (κ2) is 8.52. The standard InChI is InChI=1S/C15H20BrF3N2.ClH/c1-11-2-3-12(10-13(11)16)14(4-5-15(17,18)19)21-8-6-20-7-9-21;/h2-3,10,14,20H,4-9H2,1H3;1H/t14-;/m1./s1. The van der Waals surface area contributed by atoms with Crippen molar-refractivity contribution in [3.63, 3.8) is 0 Å².